The molecule has 0 saturated carbocycles. The van der Waals surface area contributed by atoms with Crippen molar-refractivity contribution in [2.75, 3.05) is 11.9 Å². The van der Waals surface area contributed by atoms with Crippen molar-refractivity contribution < 1.29 is 9.21 Å². The predicted octanol–water partition coefficient (Wildman–Crippen LogP) is 4.19. The van der Waals surface area contributed by atoms with E-state index in [9.17, 15) is 10.1 Å². The Kier molecular flexibility index (Phi) is 6.54. The van der Waals surface area contributed by atoms with Gasteiger partial charge in [0, 0.05) is 37.5 Å². The molecule has 0 saturated heterocycles. The number of pyridine rings is 2. The van der Waals surface area contributed by atoms with E-state index in [-0.39, 0.29) is 5.91 Å². The van der Waals surface area contributed by atoms with Crippen LogP contribution in [0.3, 0.4) is 0 Å². The quantitative estimate of drug-likeness (QED) is 0.440. The summed E-state index contributed by atoms with van der Waals surface area (Å²) in [6.07, 6.45) is 5.67. The van der Waals surface area contributed by atoms with Crippen LogP contribution in [0.1, 0.15) is 27.2 Å². The number of carbonyl (C=O) groups excluding carboxylic acids is 1. The van der Waals surface area contributed by atoms with Crippen LogP contribution >= 0.6 is 0 Å². The Morgan fingerprint density at radius 1 is 1.06 bits per heavy atom. The maximum absolute atomic E-state index is 12.9. The molecule has 4 rings (SSSR count). The second kappa shape index (κ2) is 10.0. The average molecular weight is 423 g/mol. The summed E-state index contributed by atoms with van der Waals surface area (Å²) in [4.78, 5) is 21.7. The van der Waals surface area contributed by atoms with Crippen LogP contribution in [0.5, 0.6) is 0 Å². The van der Waals surface area contributed by atoms with Crippen molar-refractivity contribution in [2.24, 2.45) is 0 Å². The molecule has 0 bridgehead atoms. The van der Waals surface area contributed by atoms with Gasteiger partial charge in [0.15, 0.2) is 0 Å². The summed E-state index contributed by atoms with van der Waals surface area (Å²) in [5.41, 5.74) is 3.18. The number of carbonyl (C=O) groups is 1. The molecular formula is C25H21N5O2. The summed E-state index contributed by atoms with van der Waals surface area (Å²) >= 11 is 0. The van der Waals surface area contributed by atoms with Gasteiger partial charge in [-0.2, -0.15) is 5.26 Å². The summed E-state index contributed by atoms with van der Waals surface area (Å²) in [6, 6.07) is 20.4. The number of amides is 1. The molecule has 7 nitrogen and oxygen atoms in total. The summed E-state index contributed by atoms with van der Waals surface area (Å²) in [6.45, 7) is 0.893. The Morgan fingerprint density at radius 2 is 1.97 bits per heavy atom. The largest absolute Gasteiger partial charge is 0.469 e. The van der Waals surface area contributed by atoms with Crippen LogP contribution in [0.25, 0.3) is 11.3 Å². The minimum Gasteiger partial charge on any atom is -0.469 e. The molecule has 0 aliphatic heterocycles. The molecule has 0 spiro atoms. The fourth-order valence-electron chi connectivity index (χ4n) is 3.27. The number of furan rings is 1. The Hall–Kier alpha value is -4.44. The molecule has 3 heterocycles. The molecule has 0 unspecified atom stereocenters. The minimum atomic E-state index is -0.248. The van der Waals surface area contributed by atoms with E-state index in [0.29, 0.717) is 47.7 Å². The lowest BCUT2D eigenvalue weighted by Gasteiger charge is -2.13. The molecule has 3 aromatic heterocycles. The first-order valence-electron chi connectivity index (χ1n) is 10.2. The molecule has 0 aliphatic carbocycles. The third-order valence-corrected chi connectivity index (χ3v) is 4.88. The van der Waals surface area contributed by atoms with E-state index in [1.807, 2.05) is 42.5 Å². The van der Waals surface area contributed by atoms with E-state index >= 15 is 0 Å². The number of rotatable bonds is 8. The third-order valence-electron chi connectivity index (χ3n) is 4.88. The van der Waals surface area contributed by atoms with E-state index in [2.05, 4.69) is 26.7 Å². The molecule has 4 aromatic rings. The zero-order valence-electron chi connectivity index (χ0n) is 17.3. The van der Waals surface area contributed by atoms with Gasteiger partial charge in [-0.25, -0.2) is 4.98 Å². The highest BCUT2D eigenvalue weighted by molar-refractivity contribution is 5.99. The highest BCUT2D eigenvalue weighted by atomic mass is 16.3. The van der Waals surface area contributed by atoms with Crippen LogP contribution in [0.2, 0.25) is 0 Å². The molecule has 32 heavy (non-hydrogen) atoms. The molecule has 1 amide bonds. The monoisotopic (exact) mass is 423 g/mol. The number of benzene rings is 1. The maximum Gasteiger partial charge on any atom is 0.255 e. The second-order valence-electron chi connectivity index (χ2n) is 7.05. The van der Waals surface area contributed by atoms with Crippen molar-refractivity contribution in [2.45, 2.75) is 13.0 Å². The Bertz CT molecular complexity index is 1230. The predicted molar refractivity (Wildman–Crippen MR) is 121 cm³/mol. The first-order chi connectivity index (χ1) is 15.7. The van der Waals surface area contributed by atoms with Crippen molar-refractivity contribution in [1.82, 2.24) is 15.3 Å². The van der Waals surface area contributed by atoms with E-state index in [1.165, 1.54) is 0 Å². The summed E-state index contributed by atoms with van der Waals surface area (Å²) in [5, 5.41) is 15.6. The zero-order chi connectivity index (χ0) is 22.2. The Morgan fingerprint density at radius 3 is 2.75 bits per heavy atom. The summed E-state index contributed by atoms with van der Waals surface area (Å²) in [5.74, 6) is 1.04. The lowest BCUT2D eigenvalue weighted by Crippen LogP contribution is -2.24. The van der Waals surface area contributed by atoms with Gasteiger partial charge in [0.2, 0.25) is 0 Å². The molecule has 158 valence electrons. The zero-order valence-corrected chi connectivity index (χ0v) is 17.3. The lowest BCUT2D eigenvalue weighted by molar-refractivity contribution is 0.0951. The highest BCUT2D eigenvalue weighted by Crippen LogP contribution is 2.25. The van der Waals surface area contributed by atoms with Crippen LogP contribution in [-0.2, 0) is 13.0 Å². The second-order valence-corrected chi connectivity index (χ2v) is 7.05. The van der Waals surface area contributed by atoms with Crippen molar-refractivity contribution in [3.63, 3.8) is 0 Å². The maximum atomic E-state index is 12.9. The standard InChI is InChI=1S/C25H21N5O2/c26-15-19-6-1-2-8-21(19)23-10-9-22(25(31)29-17-18-5-3-12-27-16-18)24(30-23)28-13-11-20-7-4-14-32-20/h1-10,12,14,16H,11,13,17H2,(H,28,30)(H,29,31). The Balaban J connectivity index is 1.58. The molecule has 7 heteroatoms. The average Bonchev–Trinajstić information content (AvgIpc) is 3.36. The van der Waals surface area contributed by atoms with Crippen LogP contribution in [-0.4, -0.2) is 22.4 Å². The molecule has 0 radical (unpaired) electrons. The first kappa shape index (κ1) is 20.8. The smallest absolute Gasteiger partial charge is 0.255 e. The van der Waals surface area contributed by atoms with Crippen LogP contribution in [0, 0.1) is 11.3 Å². The van der Waals surface area contributed by atoms with Crippen molar-refractivity contribution in [3.8, 4) is 17.3 Å². The van der Waals surface area contributed by atoms with E-state index in [1.54, 1.807) is 36.9 Å². The fraction of sp³-hybridized carbons (Fsp3) is 0.120. The van der Waals surface area contributed by atoms with Gasteiger partial charge in [-0.05, 0) is 42.0 Å². The molecule has 0 aliphatic rings. The Labute approximate surface area is 185 Å². The van der Waals surface area contributed by atoms with Gasteiger partial charge in [0.05, 0.1) is 29.2 Å². The fourth-order valence-corrected chi connectivity index (χ4v) is 3.27. The molecule has 0 fully saturated rings. The highest BCUT2D eigenvalue weighted by Gasteiger charge is 2.16. The van der Waals surface area contributed by atoms with Crippen LogP contribution < -0.4 is 10.6 Å². The third kappa shape index (κ3) is 4.99. The van der Waals surface area contributed by atoms with Crippen molar-refractivity contribution in [3.05, 3.63) is 102 Å². The van der Waals surface area contributed by atoms with Gasteiger partial charge in [0.25, 0.3) is 5.91 Å². The SMILES string of the molecule is N#Cc1ccccc1-c1ccc(C(=O)NCc2cccnc2)c(NCCc2ccco2)n1. The van der Waals surface area contributed by atoms with E-state index in [0.717, 1.165) is 11.3 Å². The van der Waals surface area contributed by atoms with E-state index < -0.39 is 0 Å². The number of nitrogens with one attached hydrogen (secondary N) is 2. The van der Waals surface area contributed by atoms with Crippen molar-refractivity contribution in [1.29, 1.82) is 5.26 Å². The van der Waals surface area contributed by atoms with E-state index in [4.69, 9.17) is 4.42 Å². The number of aromatic nitrogens is 2. The molecular weight excluding hydrogens is 402 g/mol. The van der Waals surface area contributed by atoms with Gasteiger partial charge in [-0.15, -0.1) is 0 Å². The normalized spacial score (nSPS) is 10.3. The number of hydrogen-bond donors (Lipinski definition) is 2. The molecule has 0 atom stereocenters. The minimum absolute atomic E-state index is 0.248. The number of nitriles is 1. The molecule has 2 N–H and O–H groups in total. The first-order valence-corrected chi connectivity index (χ1v) is 10.2. The van der Waals surface area contributed by atoms with Crippen molar-refractivity contribution >= 4 is 11.7 Å². The van der Waals surface area contributed by atoms with Gasteiger partial charge < -0.3 is 15.1 Å². The van der Waals surface area contributed by atoms with Crippen LogP contribution in [0.4, 0.5) is 5.82 Å². The van der Waals surface area contributed by atoms with Crippen LogP contribution in [0.15, 0.2) is 83.7 Å². The number of nitrogens with zero attached hydrogens (tertiary/aromatic N) is 3. The van der Waals surface area contributed by atoms with Gasteiger partial charge >= 0.3 is 0 Å². The lowest BCUT2D eigenvalue weighted by atomic mass is 10.0. The summed E-state index contributed by atoms with van der Waals surface area (Å²) in [7, 11) is 0. The summed E-state index contributed by atoms with van der Waals surface area (Å²) < 4.78 is 5.38. The number of anilines is 1. The van der Waals surface area contributed by atoms with Gasteiger partial charge in [0.1, 0.15) is 11.6 Å². The van der Waals surface area contributed by atoms with Gasteiger partial charge in [-0.3, -0.25) is 9.78 Å². The van der Waals surface area contributed by atoms with Gasteiger partial charge in [-0.1, -0.05) is 24.3 Å². The molecule has 1 aromatic carbocycles. The number of hydrogen-bond acceptors (Lipinski definition) is 6. The topological polar surface area (TPSA) is 104 Å².